The lowest BCUT2D eigenvalue weighted by atomic mass is 10.2. The SMILES string of the molecule is CCOC(CN)CCOCC1CCCO1. The van der Waals surface area contributed by atoms with Gasteiger partial charge >= 0.3 is 0 Å². The molecule has 0 amide bonds. The summed E-state index contributed by atoms with van der Waals surface area (Å²) < 4.78 is 16.4. The average molecular weight is 217 g/mol. The number of hydrogen-bond acceptors (Lipinski definition) is 4. The normalized spacial score (nSPS) is 23.2. The second kappa shape index (κ2) is 8.05. The predicted molar refractivity (Wildman–Crippen MR) is 58.9 cm³/mol. The minimum atomic E-state index is 0.138. The summed E-state index contributed by atoms with van der Waals surface area (Å²) in [6.07, 6.45) is 3.62. The maximum Gasteiger partial charge on any atom is 0.0809 e. The molecule has 0 radical (unpaired) electrons. The molecule has 0 bridgehead atoms. The van der Waals surface area contributed by atoms with E-state index in [9.17, 15) is 0 Å². The Bertz CT molecular complexity index is 149. The van der Waals surface area contributed by atoms with Crippen molar-refractivity contribution < 1.29 is 14.2 Å². The van der Waals surface area contributed by atoms with Crippen LogP contribution in [0.2, 0.25) is 0 Å². The van der Waals surface area contributed by atoms with Gasteiger partial charge in [0.25, 0.3) is 0 Å². The van der Waals surface area contributed by atoms with Crippen molar-refractivity contribution >= 4 is 0 Å². The van der Waals surface area contributed by atoms with Gasteiger partial charge in [-0.1, -0.05) is 0 Å². The lowest BCUT2D eigenvalue weighted by Gasteiger charge is -2.15. The molecular formula is C11H23NO3. The minimum Gasteiger partial charge on any atom is -0.379 e. The molecule has 0 aliphatic carbocycles. The molecule has 0 aromatic rings. The fourth-order valence-electron chi connectivity index (χ4n) is 1.71. The van der Waals surface area contributed by atoms with E-state index in [0.29, 0.717) is 32.5 Å². The second-order valence-electron chi connectivity index (χ2n) is 3.81. The van der Waals surface area contributed by atoms with Crippen LogP contribution in [0.15, 0.2) is 0 Å². The van der Waals surface area contributed by atoms with Crippen molar-refractivity contribution in [1.29, 1.82) is 0 Å². The van der Waals surface area contributed by atoms with Gasteiger partial charge in [0, 0.05) is 26.4 Å². The molecule has 1 aliphatic rings. The van der Waals surface area contributed by atoms with E-state index in [1.165, 1.54) is 6.42 Å². The van der Waals surface area contributed by atoms with Crippen LogP contribution in [-0.2, 0) is 14.2 Å². The zero-order valence-corrected chi connectivity index (χ0v) is 9.61. The van der Waals surface area contributed by atoms with Gasteiger partial charge in [-0.25, -0.2) is 0 Å². The molecule has 1 rings (SSSR count). The third kappa shape index (κ3) is 5.47. The van der Waals surface area contributed by atoms with Gasteiger partial charge in [-0.3, -0.25) is 0 Å². The molecule has 2 N–H and O–H groups in total. The summed E-state index contributed by atoms with van der Waals surface area (Å²) >= 11 is 0. The summed E-state index contributed by atoms with van der Waals surface area (Å²) in [6, 6.07) is 0. The van der Waals surface area contributed by atoms with Gasteiger partial charge < -0.3 is 19.9 Å². The summed E-state index contributed by atoms with van der Waals surface area (Å²) in [7, 11) is 0. The van der Waals surface area contributed by atoms with E-state index in [1.807, 2.05) is 6.92 Å². The summed E-state index contributed by atoms with van der Waals surface area (Å²) in [4.78, 5) is 0. The van der Waals surface area contributed by atoms with E-state index in [2.05, 4.69) is 0 Å². The third-order valence-corrected chi connectivity index (χ3v) is 2.58. The summed E-state index contributed by atoms with van der Waals surface area (Å²) in [5.41, 5.74) is 5.56. The molecule has 0 aromatic heterocycles. The molecule has 15 heavy (non-hydrogen) atoms. The Kier molecular flexibility index (Phi) is 6.92. The zero-order chi connectivity index (χ0) is 10.9. The van der Waals surface area contributed by atoms with Crippen molar-refractivity contribution in [2.75, 3.05) is 33.0 Å². The standard InChI is InChI=1S/C11H23NO3/c1-2-14-10(8-12)5-7-13-9-11-4-3-6-15-11/h10-11H,2-9,12H2,1H3. The first-order valence-corrected chi connectivity index (χ1v) is 5.87. The van der Waals surface area contributed by atoms with Crippen LogP contribution in [0.3, 0.4) is 0 Å². The lowest BCUT2D eigenvalue weighted by Crippen LogP contribution is -2.26. The number of nitrogens with two attached hydrogens (primary N) is 1. The molecule has 0 spiro atoms. The van der Waals surface area contributed by atoms with Crippen LogP contribution < -0.4 is 5.73 Å². The van der Waals surface area contributed by atoms with Crippen molar-refractivity contribution in [3.05, 3.63) is 0 Å². The highest BCUT2D eigenvalue weighted by molar-refractivity contribution is 4.64. The summed E-state index contributed by atoms with van der Waals surface area (Å²) in [5, 5.41) is 0. The van der Waals surface area contributed by atoms with Crippen molar-refractivity contribution in [1.82, 2.24) is 0 Å². The van der Waals surface area contributed by atoms with Gasteiger partial charge in [0.1, 0.15) is 0 Å². The van der Waals surface area contributed by atoms with Crippen LogP contribution in [0.5, 0.6) is 0 Å². The third-order valence-electron chi connectivity index (χ3n) is 2.58. The Labute approximate surface area is 92.1 Å². The molecule has 4 heteroatoms. The van der Waals surface area contributed by atoms with Crippen molar-refractivity contribution in [3.8, 4) is 0 Å². The first-order valence-electron chi connectivity index (χ1n) is 5.87. The van der Waals surface area contributed by atoms with Gasteiger partial charge in [0.05, 0.1) is 18.8 Å². The van der Waals surface area contributed by atoms with E-state index in [0.717, 1.165) is 19.4 Å². The fourth-order valence-corrected chi connectivity index (χ4v) is 1.71. The zero-order valence-electron chi connectivity index (χ0n) is 9.61. The Morgan fingerprint density at radius 1 is 1.53 bits per heavy atom. The molecule has 0 saturated carbocycles. The van der Waals surface area contributed by atoms with Crippen LogP contribution >= 0.6 is 0 Å². The predicted octanol–water partition coefficient (Wildman–Crippen LogP) is 0.936. The maximum absolute atomic E-state index is 5.56. The van der Waals surface area contributed by atoms with Gasteiger partial charge in [0.2, 0.25) is 0 Å². The second-order valence-corrected chi connectivity index (χ2v) is 3.81. The Hall–Kier alpha value is -0.160. The molecule has 4 nitrogen and oxygen atoms in total. The maximum atomic E-state index is 5.56. The van der Waals surface area contributed by atoms with E-state index < -0.39 is 0 Å². The van der Waals surface area contributed by atoms with E-state index in [1.54, 1.807) is 0 Å². The van der Waals surface area contributed by atoms with E-state index in [-0.39, 0.29) is 6.10 Å². The highest BCUT2D eigenvalue weighted by Crippen LogP contribution is 2.12. The molecule has 1 heterocycles. The monoisotopic (exact) mass is 217 g/mol. The van der Waals surface area contributed by atoms with Gasteiger partial charge in [-0.05, 0) is 26.2 Å². The molecule has 0 aromatic carbocycles. The first-order chi connectivity index (χ1) is 7.36. The van der Waals surface area contributed by atoms with Crippen LogP contribution in [0.4, 0.5) is 0 Å². The number of hydrogen-bond donors (Lipinski definition) is 1. The number of ether oxygens (including phenoxy) is 3. The quantitative estimate of drug-likeness (QED) is 0.615. The smallest absolute Gasteiger partial charge is 0.0809 e. The van der Waals surface area contributed by atoms with Gasteiger partial charge in [-0.15, -0.1) is 0 Å². The Morgan fingerprint density at radius 2 is 2.40 bits per heavy atom. The molecule has 1 saturated heterocycles. The van der Waals surface area contributed by atoms with Crippen LogP contribution in [0.25, 0.3) is 0 Å². The van der Waals surface area contributed by atoms with Gasteiger partial charge in [0.15, 0.2) is 0 Å². The molecule has 2 atom stereocenters. The Morgan fingerprint density at radius 3 is 3.00 bits per heavy atom. The van der Waals surface area contributed by atoms with Gasteiger partial charge in [-0.2, -0.15) is 0 Å². The van der Waals surface area contributed by atoms with Crippen molar-refractivity contribution in [2.24, 2.45) is 5.73 Å². The summed E-state index contributed by atoms with van der Waals surface area (Å²) in [6.45, 7) is 5.57. The minimum absolute atomic E-state index is 0.138. The van der Waals surface area contributed by atoms with Crippen molar-refractivity contribution in [2.45, 2.75) is 38.4 Å². The topological polar surface area (TPSA) is 53.7 Å². The van der Waals surface area contributed by atoms with E-state index >= 15 is 0 Å². The molecule has 2 unspecified atom stereocenters. The van der Waals surface area contributed by atoms with Crippen LogP contribution in [0.1, 0.15) is 26.2 Å². The summed E-state index contributed by atoms with van der Waals surface area (Å²) in [5.74, 6) is 0. The fraction of sp³-hybridized carbons (Fsp3) is 1.00. The van der Waals surface area contributed by atoms with Crippen LogP contribution in [0, 0.1) is 0 Å². The number of rotatable bonds is 8. The first kappa shape index (κ1) is 12.9. The molecule has 1 fully saturated rings. The average Bonchev–Trinajstić information content (AvgIpc) is 2.75. The Balaban J connectivity index is 1.94. The van der Waals surface area contributed by atoms with Crippen molar-refractivity contribution in [3.63, 3.8) is 0 Å². The molecule has 90 valence electrons. The highest BCUT2D eigenvalue weighted by atomic mass is 16.5. The lowest BCUT2D eigenvalue weighted by molar-refractivity contribution is -0.00485. The van der Waals surface area contributed by atoms with Crippen LogP contribution in [-0.4, -0.2) is 45.2 Å². The molecule has 1 aliphatic heterocycles. The largest absolute Gasteiger partial charge is 0.379 e. The molecular weight excluding hydrogens is 194 g/mol. The highest BCUT2D eigenvalue weighted by Gasteiger charge is 2.15. The van der Waals surface area contributed by atoms with E-state index in [4.69, 9.17) is 19.9 Å².